The van der Waals surface area contributed by atoms with Crippen LogP contribution in [0.15, 0.2) is 18.3 Å². The molecule has 0 unspecified atom stereocenters. The first-order valence-electron chi connectivity index (χ1n) is 5.97. The molecule has 5 heteroatoms. The molecule has 0 aromatic carbocycles. The summed E-state index contributed by atoms with van der Waals surface area (Å²) in [5, 5.41) is 14.8. The number of Topliss-reactive ketones (excluding diaryl/α,β-unsaturated/α-hetero) is 1. The maximum absolute atomic E-state index is 11.3. The number of nitrogens with one attached hydrogen (secondary N) is 2. The molecule has 1 aromatic heterocycles. The number of ketones is 1. The van der Waals surface area contributed by atoms with E-state index in [1.807, 2.05) is 19.9 Å². The summed E-state index contributed by atoms with van der Waals surface area (Å²) >= 11 is 0. The van der Waals surface area contributed by atoms with Gasteiger partial charge in [0.15, 0.2) is 0 Å². The average Bonchev–Trinajstić information content (AvgIpc) is 2.38. The molecule has 0 bridgehead atoms. The molecule has 0 atom stereocenters. The minimum Gasteiger partial charge on any atom is -0.369 e. The van der Waals surface area contributed by atoms with Crippen LogP contribution >= 0.6 is 0 Å². The summed E-state index contributed by atoms with van der Waals surface area (Å²) in [6, 6.07) is 5.49. The zero-order valence-corrected chi connectivity index (χ0v) is 10.7. The van der Waals surface area contributed by atoms with Gasteiger partial charge in [-0.2, -0.15) is 5.26 Å². The largest absolute Gasteiger partial charge is 0.369 e. The second-order valence-corrected chi connectivity index (χ2v) is 4.27. The van der Waals surface area contributed by atoms with Crippen LogP contribution in [0.4, 0.5) is 5.82 Å². The van der Waals surface area contributed by atoms with Gasteiger partial charge in [-0.15, -0.1) is 0 Å². The summed E-state index contributed by atoms with van der Waals surface area (Å²) in [5.74, 6) is 1.02. The van der Waals surface area contributed by atoms with Crippen LogP contribution in [0.3, 0.4) is 0 Å². The highest BCUT2D eigenvalue weighted by Crippen LogP contribution is 2.02. The van der Waals surface area contributed by atoms with Crippen LogP contribution in [0.5, 0.6) is 0 Å². The van der Waals surface area contributed by atoms with Crippen LogP contribution in [0.1, 0.15) is 19.4 Å². The molecule has 0 saturated heterocycles. The number of carbonyl (C=O) groups excluding carboxylic acids is 1. The lowest BCUT2D eigenvalue weighted by molar-refractivity contribution is -0.121. The van der Waals surface area contributed by atoms with Crippen molar-refractivity contribution in [1.29, 1.82) is 5.26 Å². The third kappa shape index (κ3) is 4.93. The molecule has 2 N–H and O–H groups in total. The number of hydrogen-bond acceptors (Lipinski definition) is 5. The molecule has 5 nitrogen and oxygen atoms in total. The Bertz CT molecular complexity index is 420. The third-order valence-electron chi connectivity index (χ3n) is 2.44. The van der Waals surface area contributed by atoms with E-state index in [9.17, 15) is 4.79 Å². The van der Waals surface area contributed by atoms with E-state index < -0.39 is 0 Å². The van der Waals surface area contributed by atoms with Crippen molar-refractivity contribution >= 4 is 11.6 Å². The maximum Gasteiger partial charge on any atom is 0.149 e. The lowest BCUT2D eigenvalue weighted by Crippen LogP contribution is -2.30. The van der Waals surface area contributed by atoms with Crippen LogP contribution in [0.2, 0.25) is 0 Å². The summed E-state index contributed by atoms with van der Waals surface area (Å²) in [5.41, 5.74) is 0.543. The van der Waals surface area contributed by atoms with Gasteiger partial charge in [0.1, 0.15) is 17.7 Å². The van der Waals surface area contributed by atoms with E-state index in [0.717, 1.165) is 5.82 Å². The van der Waals surface area contributed by atoms with Gasteiger partial charge in [-0.1, -0.05) is 13.8 Å². The van der Waals surface area contributed by atoms with Gasteiger partial charge >= 0.3 is 0 Å². The normalized spacial score (nSPS) is 10.1. The molecule has 0 aliphatic rings. The van der Waals surface area contributed by atoms with Crippen LogP contribution in [0, 0.1) is 17.2 Å². The highest BCUT2D eigenvalue weighted by atomic mass is 16.1. The molecule has 1 rings (SSSR count). The maximum atomic E-state index is 11.3. The number of hydrogen-bond donors (Lipinski definition) is 2. The predicted molar refractivity (Wildman–Crippen MR) is 70.2 cm³/mol. The summed E-state index contributed by atoms with van der Waals surface area (Å²) in [6.07, 6.45) is 1.53. The number of aromatic nitrogens is 1. The molecule has 0 radical (unpaired) electrons. The predicted octanol–water partition coefficient (Wildman–Crippen LogP) is 1.18. The quantitative estimate of drug-likeness (QED) is 0.706. The Morgan fingerprint density at radius 2 is 2.22 bits per heavy atom. The summed E-state index contributed by atoms with van der Waals surface area (Å²) in [6.45, 7) is 5.57. The zero-order valence-electron chi connectivity index (χ0n) is 10.7. The number of rotatable bonds is 7. The fourth-order valence-electron chi connectivity index (χ4n) is 1.26. The highest BCUT2D eigenvalue weighted by Gasteiger charge is 2.05. The molecule has 0 amide bonds. The van der Waals surface area contributed by atoms with Gasteiger partial charge < -0.3 is 10.6 Å². The van der Waals surface area contributed by atoms with Crippen molar-refractivity contribution in [3.63, 3.8) is 0 Å². The number of anilines is 1. The Balaban J connectivity index is 2.18. The Labute approximate surface area is 107 Å². The minimum absolute atomic E-state index is 0.0747. The Morgan fingerprint density at radius 3 is 2.78 bits per heavy atom. The van der Waals surface area contributed by atoms with E-state index in [1.54, 1.807) is 12.1 Å². The number of nitrogens with zero attached hydrogens (tertiary/aromatic N) is 2. The highest BCUT2D eigenvalue weighted by molar-refractivity contribution is 5.82. The fourth-order valence-corrected chi connectivity index (χ4v) is 1.26. The number of nitriles is 1. The van der Waals surface area contributed by atoms with Gasteiger partial charge in [0.05, 0.1) is 12.1 Å². The van der Waals surface area contributed by atoms with Crippen LogP contribution in [-0.2, 0) is 4.79 Å². The molecule has 96 valence electrons. The van der Waals surface area contributed by atoms with E-state index in [4.69, 9.17) is 5.26 Å². The lowest BCUT2D eigenvalue weighted by Gasteiger charge is -2.08. The van der Waals surface area contributed by atoms with Gasteiger partial charge in [-0.3, -0.25) is 4.79 Å². The molecule has 0 saturated carbocycles. The molecule has 18 heavy (non-hydrogen) atoms. The second kappa shape index (κ2) is 7.41. The van der Waals surface area contributed by atoms with Crippen molar-refractivity contribution in [3.8, 4) is 6.07 Å². The van der Waals surface area contributed by atoms with E-state index in [-0.39, 0.29) is 11.7 Å². The topological polar surface area (TPSA) is 77.8 Å². The summed E-state index contributed by atoms with van der Waals surface area (Å²) < 4.78 is 0. The SMILES string of the molecule is CC(C)C(=O)CNCCNc1ccc(C#N)cn1. The molecule has 0 aliphatic heterocycles. The lowest BCUT2D eigenvalue weighted by atomic mass is 10.1. The van der Waals surface area contributed by atoms with E-state index in [0.29, 0.717) is 25.2 Å². The van der Waals surface area contributed by atoms with E-state index in [1.165, 1.54) is 6.20 Å². The van der Waals surface area contributed by atoms with Crippen molar-refractivity contribution in [1.82, 2.24) is 10.3 Å². The second-order valence-electron chi connectivity index (χ2n) is 4.27. The van der Waals surface area contributed by atoms with Gasteiger partial charge in [-0.25, -0.2) is 4.98 Å². The van der Waals surface area contributed by atoms with Crippen LogP contribution < -0.4 is 10.6 Å². The first-order valence-corrected chi connectivity index (χ1v) is 5.97. The van der Waals surface area contributed by atoms with Gasteiger partial charge in [-0.05, 0) is 12.1 Å². The Kier molecular flexibility index (Phi) is 5.81. The van der Waals surface area contributed by atoms with E-state index in [2.05, 4.69) is 15.6 Å². The Hall–Kier alpha value is -1.93. The fraction of sp³-hybridized carbons (Fsp3) is 0.462. The van der Waals surface area contributed by atoms with Crippen molar-refractivity contribution < 1.29 is 4.79 Å². The first kappa shape index (κ1) is 14.1. The van der Waals surface area contributed by atoms with Crippen molar-refractivity contribution in [2.75, 3.05) is 25.0 Å². The summed E-state index contributed by atoms with van der Waals surface area (Å²) in [4.78, 5) is 15.4. The minimum atomic E-state index is 0.0747. The molecular formula is C13H18N4O. The molecule has 0 spiro atoms. The molecule has 0 aliphatic carbocycles. The van der Waals surface area contributed by atoms with E-state index >= 15 is 0 Å². The van der Waals surface area contributed by atoms with Crippen LogP contribution in [-0.4, -0.2) is 30.4 Å². The van der Waals surface area contributed by atoms with Crippen molar-refractivity contribution in [2.24, 2.45) is 5.92 Å². The van der Waals surface area contributed by atoms with Gasteiger partial charge in [0.25, 0.3) is 0 Å². The smallest absolute Gasteiger partial charge is 0.149 e. The standard InChI is InChI=1S/C13H18N4O/c1-10(2)12(18)9-15-5-6-16-13-4-3-11(7-14)8-17-13/h3-4,8,10,15H,5-6,9H2,1-2H3,(H,16,17). The van der Waals surface area contributed by atoms with Crippen molar-refractivity contribution in [3.05, 3.63) is 23.9 Å². The molecular weight excluding hydrogens is 228 g/mol. The zero-order chi connectivity index (χ0) is 13.4. The van der Waals surface area contributed by atoms with Gasteiger partial charge in [0, 0.05) is 25.2 Å². The van der Waals surface area contributed by atoms with Crippen molar-refractivity contribution in [2.45, 2.75) is 13.8 Å². The monoisotopic (exact) mass is 246 g/mol. The number of pyridine rings is 1. The third-order valence-corrected chi connectivity index (χ3v) is 2.44. The molecule has 1 aromatic rings. The van der Waals surface area contributed by atoms with Gasteiger partial charge in [0.2, 0.25) is 0 Å². The first-order chi connectivity index (χ1) is 8.63. The Morgan fingerprint density at radius 1 is 1.44 bits per heavy atom. The number of carbonyl (C=O) groups is 1. The average molecular weight is 246 g/mol. The van der Waals surface area contributed by atoms with Crippen LogP contribution in [0.25, 0.3) is 0 Å². The molecule has 1 heterocycles. The molecule has 0 fully saturated rings. The summed E-state index contributed by atoms with van der Waals surface area (Å²) in [7, 11) is 0.